The number of hydrogen-bond acceptors (Lipinski definition) is 3. The quantitative estimate of drug-likeness (QED) is 0.913. The molecule has 1 aromatic carbocycles. The van der Waals surface area contributed by atoms with Crippen LogP contribution in [0.1, 0.15) is 31.7 Å². The minimum absolute atomic E-state index is 0.390. The van der Waals surface area contributed by atoms with Gasteiger partial charge in [-0.05, 0) is 57.2 Å². The average molecular weight is 269 g/mol. The average Bonchev–Trinajstić information content (AvgIpc) is 3.32. The summed E-state index contributed by atoms with van der Waals surface area (Å²) < 4.78 is 0. The lowest BCUT2D eigenvalue weighted by molar-refractivity contribution is 0.373. The van der Waals surface area contributed by atoms with Gasteiger partial charge < -0.3 is 10.2 Å². The van der Waals surface area contributed by atoms with E-state index in [1.807, 2.05) is 7.05 Å². The highest BCUT2D eigenvalue weighted by Gasteiger charge is 2.46. The first kappa shape index (κ1) is 13.5. The van der Waals surface area contributed by atoms with Crippen LogP contribution in [-0.2, 0) is 6.42 Å². The second kappa shape index (κ2) is 5.10. The van der Waals surface area contributed by atoms with E-state index in [0.29, 0.717) is 12.0 Å². The van der Waals surface area contributed by atoms with Crippen LogP contribution in [0.3, 0.4) is 0 Å². The summed E-state index contributed by atoms with van der Waals surface area (Å²) in [7, 11) is 1.93. The van der Waals surface area contributed by atoms with Crippen molar-refractivity contribution in [3.63, 3.8) is 0 Å². The van der Waals surface area contributed by atoms with Gasteiger partial charge in [0.05, 0.1) is 12.6 Å². The molecule has 2 unspecified atom stereocenters. The monoisotopic (exact) mass is 269 g/mol. The van der Waals surface area contributed by atoms with Crippen molar-refractivity contribution in [2.75, 3.05) is 18.5 Å². The first-order valence-corrected chi connectivity index (χ1v) is 7.65. The third-order valence-corrected chi connectivity index (χ3v) is 5.00. The molecule has 2 aliphatic rings. The lowest BCUT2D eigenvalue weighted by atomic mass is 9.90. The Kier molecular flexibility index (Phi) is 3.43. The molecule has 20 heavy (non-hydrogen) atoms. The molecule has 1 aliphatic heterocycles. The van der Waals surface area contributed by atoms with Gasteiger partial charge in [0, 0.05) is 11.7 Å². The Morgan fingerprint density at radius 2 is 2.10 bits per heavy atom. The number of aryl methyl sites for hydroxylation is 1. The van der Waals surface area contributed by atoms with E-state index in [4.69, 9.17) is 0 Å². The number of hydrogen-bond donors (Lipinski definition) is 1. The van der Waals surface area contributed by atoms with Crippen LogP contribution in [0.25, 0.3) is 0 Å². The van der Waals surface area contributed by atoms with Crippen molar-refractivity contribution in [3.05, 3.63) is 29.8 Å². The van der Waals surface area contributed by atoms with Crippen molar-refractivity contribution in [1.29, 1.82) is 5.26 Å². The summed E-state index contributed by atoms with van der Waals surface area (Å²) in [5, 5.41) is 13.0. The zero-order valence-corrected chi connectivity index (χ0v) is 12.4. The SMILES string of the molecule is CNC(C#N)(CN1c2ccccc2CCC1C)C1CC1. The molecule has 3 rings (SSSR count). The fraction of sp³-hybridized carbons (Fsp3) is 0.588. The predicted octanol–water partition coefficient (Wildman–Crippen LogP) is 2.72. The largest absolute Gasteiger partial charge is 0.366 e. The van der Waals surface area contributed by atoms with Gasteiger partial charge in [0.15, 0.2) is 0 Å². The molecule has 2 atom stereocenters. The van der Waals surface area contributed by atoms with Crippen LogP contribution in [0.5, 0.6) is 0 Å². The summed E-state index contributed by atoms with van der Waals surface area (Å²) in [5.41, 5.74) is 2.35. The maximum atomic E-state index is 9.71. The van der Waals surface area contributed by atoms with E-state index in [2.05, 4.69) is 47.5 Å². The van der Waals surface area contributed by atoms with Gasteiger partial charge >= 0.3 is 0 Å². The molecule has 1 heterocycles. The van der Waals surface area contributed by atoms with Crippen molar-refractivity contribution in [2.24, 2.45) is 5.92 Å². The minimum Gasteiger partial charge on any atom is -0.366 e. The Hall–Kier alpha value is -1.53. The van der Waals surface area contributed by atoms with Crippen LogP contribution < -0.4 is 10.2 Å². The summed E-state index contributed by atoms with van der Waals surface area (Å²) in [6.07, 6.45) is 4.68. The second-order valence-electron chi connectivity index (χ2n) is 6.25. The number of benzene rings is 1. The molecular weight excluding hydrogens is 246 g/mol. The minimum atomic E-state index is -0.390. The zero-order valence-electron chi connectivity index (χ0n) is 12.4. The highest BCUT2D eigenvalue weighted by molar-refractivity contribution is 5.57. The van der Waals surface area contributed by atoms with Crippen molar-refractivity contribution in [2.45, 2.75) is 44.2 Å². The van der Waals surface area contributed by atoms with Crippen LogP contribution in [0.15, 0.2) is 24.3 Å². The number of nitrogens with zero attached hydrogens (tertiary/aromatic N) is 2. The Balaban J connectivity index is 1.91. The van der Waals surface area contributed by atoms with E-state index in [0.717, 1.165) is 13.0 Å². The normalized spacial score (nSPS) is 24.6. The van der Waals surface area contributed by atoms with E-state index in [9.17, 15) is 5.26 Å². The molecule has 1 fully saturated rings. The standard InChI is InChI=1S/C17H23N3/c1-13-7-8-14-5-3-4-6-16(14)20(13)12-17(11-18,19-2)15-9-10-15/h3-6,13,15,19H,7-10,12H2,1-2H3. The molecule has 0 amide bonds. The molecule has 0 aromatic heterocycles. The molecule has 0 saturated heterocycles. The number of rotatable bonds is 4. The Bertz CT molecular complexity index is 529. The van der Waals surface area contributed by atoms with Gasteiger partial charge in [-0.1, -0.05) is 18.2 Å². The van der Waals surface area contributed by atoms with Gasteiger partial charge in [-0.3, -0.25) is 0 Å². The van der Waals surface area contributed by atoms with E-state index in [1.54, 1.807) is 0 Å². The molecule has 1 aliphatic carbocycles. The zero-order chi connectivity index (χ0) is 14.2. The molecule has 1 saturated carbocycles. The number of para-hydroxylation sites is 1. The molecule has 0 spiro atoms. The fourth-order valence-electron chi connectivity index (χ4n) is 3.44. The van der Waals surface area contributed by atoms with E-state index < -0.39 is 5.54 Å². The van der Waals surface area contributed by atoms with Crippen molar-refractivity contribution >= 4 is 5.69 Å². The molecule has 1 aromatic rings. The molecule has 0 bridgehead atoms. The van der Waals surface area contributed by atoms with Crippen LogP contribution in [0.4, 0.5) is 5.69 Å². The van der Waals surface area contributed by atoms with Crippen LogP contribution in [0, 0.1) is 17.2 Å². The number of anilines is 1. The summed E-state index contributed by atoms with van der Waals surface area (Å²) in [6.45, 7) is 3.07. The Labute approximate surface area is 121 Å². The summed E-state index contributed by atoms with van der Waals surface area (Å²) >= 11 is 0. The molecule has 1 N–H and O–H groups in total. The highest BCUT2D eigenvalue weighted by atomic mass is 15.2. The van der Waals surface area contributed by atoms with Gasteiger partial charge in [0.1, 0.15) is 5.54 Å². The van der Waals surface area contributed by atoms with Gasteiger partial charge in [0.2, 0.25) is 0 Å². The first-order chi connectivity index (χ1) is 9.70. The van der Waals surface area contributed by atoms with Crippen molar-refractivity contribution < 1.29 is 0 Å². The number of likely N-dealkylation sites (N-methyl/N-ethyl adjacent to an activating group) is 1. The van der Waals surface area contributed by atoms with Crippen LogP contribution in [-0.4, -0.2) is 25.2 Å². The Morgan fingerprint density at radius 1 is 1.35 bits per heavy atom. The van der Waals surface area contributed by atoms with E-state index in [-0.39, 0.29) is 0 Å². The highest BCUT2D eigenvalue weighted by Crippen LogP contribution is 2.41. The second-order valence-corrected chi connectivity index (χ2v) is 6.25. The topological polar surface area (TPSA) is 39.1 Å². The van der Waals surface area contributed by atoms with Gasteiger partial charge in [-0.2, -0.15) is 5.26 Å². The molecule has 0 radical (unpaired) electrons. The number of fused-ring (bicyclic) bond motifs is 1. The first-order valence-electron chi connectivity index (χ1n) is 7.65. The predicted molar refractivity (Wildman–Crippen MR) is 81.7 cm³/mol. The molecule has 3 heteroatoms. The maximum Gasteiger partial charge on any atom is 0.126 e. The maximum absolute atomic E-state index is 9.71. The smallest absolute Gasteiger partial charge is 0.126 e. The lowest BCUT2D eigenvalue weighted by Gasteiger charge is -2.42. The summed E-state index contributed by atoms with van der Waals surface area (Å²) in [5.74, 6) is 0.513. The van der Waals surface area contributed by atoms with Gasteiger partial charge in [-0.15, -0.1) is 0 Å². The van der Waals surface area contributed by atoms with E-state index >= 15 is 0 Å². The molecular formula is C17H23N3. The summed E-state index contributed by atoms with van der Waals surface area (Å²) in [6, 6.07) is 11.7. The third kappa shape index (κ3) is 2.19. The summed E-state index contributed by atoms with van der Waals surface area (Å²) in [4.78, 5) is 2.44. The van der Waals surface area contributed by atoms with Gasteiger partial charge in [0.25, 0.3) is 0 Å². The van der Waals surface area contributed by atoms with Gasteiger partial charge in [-0.25, -0.2) is 0 Å². The third-order valence-electron chi connectivity index (χ3n) is 5.00. The number of nitriles is 1. The van der Waals surface area contributed by atoms with E-state index in [1.165, 1.54) is 30.5 Å². The molecule has 3 nitrogen and oxygen atoms in total. The lowest BCUT2D eigenvalue weighted by Crippen LogP contribution is -2.56. The number of nitrogens with one attached hydrogen (secondary N) is 1. The molecule has 106 valence electrons. The van der Waals surface area contributed by atoms with Crippen LogP contribution >= 0.6 is 0 Å². The fourth-order valence-corrected chi connectivity index (χ4v) is 3.44. The van der Waals surface area contributed by atoms with Crippen LogP contribution in [0.2, 0.25) is 0 Å². The Morgan fingerprint density at radius 3 is 2.75 bits per heavy atom. The van der Waals surface area contributed by atoms with Crippen molar-refractivity contribution in [3.8, 4) is 6.07 Å². The van der Waals surface area contributed by atoms with Crippen molar-refractivity contribution in [1.82, 2.24) is 5.32 Å².